The molecule has 0 unspecified atom stereocenters. The predicted octanol–water partition coefficient (Wildman–Crippen LogP) is 0.501. The third-order valence-electron chi connectivity index (χ3n) is 1.43. The van der Waals surface area contributed by atoms with E-state index in [1.807, 2.05) is 0 Å². The Morgan fingerprint density at radius 3 is 2.69 bits per heavy atom. The lowest BCUT2D eigenvalue weighted by molar-refractivity contribution is -0.135. The molecule has 4 nitrogen and oxygen atoms in total. The Labute approximate surface area is 76.7 Å². The maximum absolute atomic E-state index is 11.3. The summed E-state index contributed by atoms with van der Waals surface area (Å²) in [7, 11) is 0. The molecule has 2 N–H and O–H groups in total. The maximum Gasteiger partial charge on any atom is 0.322 e. The SMILES string of the molecule is [2H]OC(=O)CNC(=O)c1ccccc1. The van der Waals surface area contributed by atoms with Crippen LogP contribution in [-0.2, 0) is 4.79 Å². The Bertz CT molecular complexity index is 326. The molecule has 0 fully saturated rings. The molecule has 0 aliphatic heterocycles. The van der Waals surface area contributed by atoms with Crippen LogP contribution in [0, 0.1) is 0 Å². The fourth-order valence-electron chi connectivity index (χ4n) is 0.844. The maximum atomic E-state index is 11.3. The Kier molecular flexibility index (Phi) is 2.55. The molecule has 1 aromatic rings. The van der Waals surface area contributed by atoms with Gasteiger partial charge in [0.15, 0.2) is 0 Å². The van der Waals surface area contributed by atoms with Gasteiger partial charge in [-0.25, -0.2) is 0 Å². The molecule has 0 bridgehead atoms. The second-order valence-corrected chi connectivity index (χ2v) is 2.42. The van der Waals surface area contributed by atoms with Gasteiger partial charge >= 0.3 is 5.97 Å². The van der Waals surface area contributed by atoms with E-state index in [2.05, 4.69) is 10.4 Å². The molecule has 0 aromatic heterocycles. The summed E-state index contributed by atoms with van der Waals surface area (Å²) in [6.45, 7) is -0.294. The summed E-state index contributed by atoms with van der Waals surface area (Å²) in [6, 6.07) is 8.48. The van der Waals surface area contributed by atoms with E-state index in [1.165, 1.54) is 0 Å². The highest BCUT2D eigenvalue weighted by Gasteiger charge is 2.04. The molecule has 0 atom stereocenters. The molecule has 1 aromatic carbocycles. The third-order valence-corrected chi connectivity index (χ3v) is 1.43. The van der Waals surface area contributed by atoms with Crippen molar-refractivity contribution in [2.24, 2.45) is 0 Å². The molecule has 4 heteroatoms. The zero-order valence-corrected chi connectivity index (χ0v) is 6.82. The smallest absolute Gasteiger partial charge is 0.322 e. The lowest BCUT2D eigenvalue weighted by Gasteiger charge is -2.00. The molecule has 0 aliphatic carbocycles. The van der Waals surface area contributed by atoms with E-state index >= 15 is 0 Å². The highest BCUT2D eigenvalue weighted by Crippen LogP contribution is 1.96. The number of carboxylic acid groups (broad SMARTS) is 1. The van der Waals surface area contributed by atoms with Gasteiger partial charge in [0.05, 0.1) is 0 Å². The highest BCUT2D eigenvalue weighted by molar-refractivity contribution is 5.95. The number of hydrogen-bond donors (Lipinski definition) is 2. The van der Waals surface area contributed by atoms with Crippen LogP contribution >= 0.6 is 0 Å². The number of rotatable bonds is 3. The van der Waals surface area contributed by atoms with Crippen molar-refractivity contribution in [2.45, 2.75) is 0 Å². The van der Waals surface area contributed by atoms with Crippen LogP contribution in [0.5, 0.6) is 0 Å². The molecule has 0 saturated heterocycles. The first-order chi connectivity index (χ1) is 6.74. The van der Waals surface area contributed by atoms with Gasteiger partial charge in [-0.15, -0.1) is 0 Å². The van der Waals surface area contributed by atoms with Crippen molar-refractivity contribution in [3.05, 3.63) is 35.9 Å². The molecule has 1 rings (SSSR count). The fraction of sp³-hybridized carbons (Fsp3) is 0.111. The summed E-state index contributed by atoms with van der Waals surface area (Å²) in [5.41, 5.74) is 0.463. The van der Waals surface area contributed by atoms with Crippen LogP contribution in [0.25, 0.3) is 1.43 Å². The zero-order valence-electron chi connectivity index (χ0n) is 7.82. The van der Waals surface area contributed by atoms with Gasteiger partial charge in [0.2, 0.25) is 0 Å². The molecule has 13 heavy (non-hydrogen) atoms. The van der Waals surface area contributed by atoms with Gasteiger partial charge in [-0.2, -0.15) is 0 Å². The number of benzene rings is 1. The van der Waals surface area contributed by atoms with E-state index in [0.29, 0.717) is 5.56 Å². The van der Waals surface area contributed by atoms with Crippen molar-refractivity contribution in [1.82, 2.24) is 5.32 Å². The number of hydrogen-bond acceptors (Lipinski definition) is 3. The summed E-state index contributed by atoms with van der Waals surface area (Å²) in [6.07, 6.45) is 0. The number of carbonyl (C=O) groups is 2. The van der Waals surface area contributed by atoms with E-state index in [4.69, 9.17) is 1.43 Å². The number of aliphatic carboxylic acids is 1. The van der Waals surface area contributed by atoms with Crippen LogP contribution in [0.3, 0.4) is 0 Å². The van der Waals surface area contributed by atoms with Crippen molar-refractivity contribution in [2.75, 3.05) is 6.54 Å². The number of carboxylic acids is 1. The van der Waals surface area contributed by atoms with Crippen LogP contribution < -0.4 is 5.32 Å². The molecule has 1 amide bonds. The van der Waals surface area contributed by atoms with Crippen molar-refractivity contribution >= 4 is 11.9 Å². The van der Waals surface area contributed by atoms with E-state index in [9.17, 15) is 9.59 Å². The fourth-order valence-corrected chi connectivity index (χ4v) is 0.844. The predicted molar refractivity (Wildman–Crippen MR) is 46.4 cm³/mol. The number of amides is 1. The van der Waals surface area contributed by atoms with E-state index in [0.717, 1.165) is 0 Å². The van der Waals surface area contributed by atoms with Crippen molar-refractivity contribution in [3.63, 3.8) is 0 Å². The Morgan fingerprint density at radius 2 is 2.08 bits per heavy atom. The Morgan fingerprint density at radius 1 is 1.38 bits per heavy atom. The normalized spacial score (nSPS) is 10.0. The Balaban J connectivity index is 2.48. The van der Waals surface area contributed by atoms with Gasteiger partial charge in [0.25, 0.3) is 7.34 Å². The standard InChI is InChI=1S/C9H9NO3/c11-8(12)6-10-9(13)7-4-2-1-3-5-7/h1-5H,6H2,(H,10,13)(H,11,12)/i/hD. The average molecular weight is 180 g/mol. The quantitative estimate of drug-likeness (QED) is 0.711. The van der Waals surface area contributed by atoms with Gasteiger partial charge in [-0.1, -0.05) is 18.2 Å². The van der Waals surface area contributed by atoms with E-state index in [1.54, 1.807) is 30.3 Å². The van der Waals surface area contributed by atoms with Crippen LogP contribution in [0.1, 0.15) is 10.4 Å². The molecule has 68 valence electrons. The summed E-state index contributed by atoms with van der Waals surface area (Å²) < 4.78 is 6.26. The molecule has 0 spiro atoms. The summed E-state index contributed by atoms with van der Waals surface area (Å²) in [4.78, 5) is 21.8. The topological polar surface area (TPSA) is 66.4 Å². The summed E-state index contributed by atoms with van der Waals surface area (Å²) >= 11 is 0. The molecular formula is C9H9NO3. The average Bonchev–Trinajstić information content (AvgIpc) is 2.26. The van der Waals surface area contributed by atoms with Crippen molar-refractivity contribution < 1.29 is 14.7 Å². The minimum Gasteiger partial charge on any atom is -0.480 e. The van der Waals surface area contributed by atoms with Gasteiger partial charge in [0, 0.05) is 5.56 Å². The van der Waals surface area contributed by atoms with E-state index in [-0.39, 0.29) is 12.5 Å². The Hall–Kier alpha value is -1.84. The largest absolute Gasteiger partial charge is 0.480 e. The first-order valence-electron chi connectivity index (χ1n) is 4.14. The zero-order chi connectivity index (χ0) is 10.4. The minimum absolute atomic E-state index is 0.294. The van der Waals surface area contributed by atoms with Crippen LogP contribution in [0.15, 0.2) is 30.3 Å². The van der Waals surface area contributed by atoms with E-state index < -0.39 is 5.97 Å². The van der Waals surface area contributed by atoms with Crippen molar-refractivity contribution in [1.29, 1.82) is 1.43 Å². The first kappa shape index (κ1) is 7.79. The second-order valence-electron chi connectivity index (χ2n) is 2.42. The molecular weight excluding hydrogens is 170 g/mol. The van der Waals surface area contributed by atoms with Gasteiger partial charge in [-0.05, 0) is 12.1 Å². The minimum atomic E-state index is -0.797. The number of carbonyl (C=O) groups excluding carboxylic acids is 1. The van der Waals surface area contributed by atoms with Crippen molar-refractivity contribution in [3.8, 4) is 0 Å². The second kappa shape index (κ2) is 4.25. The lowest BCUT2D eigenvalue weighted by Crippen LogP contribution is -2.29. The first-order valence-corrected chi connectivity index (χ1v) is 3.73. The van der Waals surface area contributed by atoms with Gasteiger partial charge in [-0.3, -0.25) is 9.59 Å². The molecule has 0 saturated carbocycles. The van der Waals surface area contributed by atoms with Gasteiger partial charge in [0.1, 0.15) is 6.54 Å². The summed E-state index contributed by atoms with van der Waals surface area (Å²) in [5.74, 6) is -1.16. The van der Waals surface area contributed by atoms with Crippen LogP contribution in [0.4, 0.5) is 0 Å². The van der Waals surface area contributed by atoms with Gasteiger partial charge < -0.3 is 10.4 Å². The number of nitrogens with one attached hydrogen (secondary N) is 1. The highest BCUT2D eigenvalue weighted by atomic mass is 16.4. The summed E-state index contributed by atoms with van der Waals surface area (Å²) in [5, 5.41) is 5.95. The lowest BCUT2D eigenvalue weighted by atomic mass is 10.2. The third kappa shape index (κ3) is 2.94. The molecule has 0 aliphatic rings. The molecule has 0 radical (unpaired) electrons. The molecule has 0 heterocycles. The monoisotopic (exact) mass is 180 g/mol. The van der Waals surface area contributed by atoms with Crippen LogP contribution in [-0.4, -0.2) is 23.5 Å². The van der Waals surface area contributed by atoms with Crippen LogP contribution in [0.2, 0.25) is 0 Å².